The van der Waals surface area contributed by atoms with Crippen LogP contribution in [0.1, 0.15) is 38.5 Å². The van der Waals surface area contributed by atoms with Crippen molar-refractivity contribution in [2.75, 3.05) is 11.9 Å². The minimum Gasteiger partial charge on any atom is -0.374 e. The second kappa shape index (κ2) is 7.73. The number of amides is 1. The Labute approximate surface area is 131 Å². The molecule has 1 saturated carbocycles. The highest BCUT2D eigenvalue weighted by molar-refractivity contribution is 9.10. The molecular formula is C15H19BrF2N2O. The lowest BCUT2D eigenvalue weighted by atomic mass is 10.1. The van der Waals surface area contributed by atoms with E-state index in [4.69, 9.17) is 0 Å². The van der Waals surface area contributed by atoms with Crippen LogP contribution in [0.15, 0.2) is 16.6 Å². The summed E-state index contributed by atoms with van der Waals surface area (Å²) >= 11 is 2.99. The zero-order valence-electron chi connectivity index (χ0n) is 11.7. The van der Waals surface area contributed by atoms with Crippen molar-refractivity contribution in [3.63, 3.8) is 0 Å². The fraction of sp³-hybridized carbons (Fsp3) is 0.533. The normalized spacial score (nSPS) is 16.3. The quantitative estimate of drug-likeness (QED) is 0.629. The van der Waals surface area contributed by atoms with Gasteiger partial charge in [0.2, 0.25) is 5.91 Å². The second-order valence-corrected chi connectivity index (χ2v) is 6.21. The number of rotatable bonds is 4. The lowest BCUT2D eigenvalue weighted by Crippen LogP contribution is -2.38. The summed E-state index contributed by atoms with van der Waals surface area (Å²) in [5.41, 5.74) is 0.110. The molecule has 6 heteroatoms. The monoisotopic (exact) mass is 360 g/mol. The third kappa shape index (κ3) is 4.95. The summed E-state index contributed by atoms with van der Waals surface area (Å²) in [6, 6.07) is 2.30. The van der Waals surface area contributed by atoms with Crippen molar-refractivity contribution >= 4 is 27.5 Å². The molecule has 0 saturated heterocycles. The van der Waals surface area contributed by atoms with E-state index in [9.17, 15) is 13.6 Å². The predicted molar refractivity (Wildman–Crippen MR) is 82.2 cm³/mol. The van der Waals surface area contributed by atoms with Gasteiger partial charge in [-0.25, -0.2) is 8.78 Å². The molecule has 1 aliphatic rings. The van der Waals surface area contributed by atoms with Crippen LogP contribution in [-0.4, -0.2) is 18.5 Å². The predicted octanol–water partition coefficient (Wildman–Crippen LogP) is 3.98. The summed E-state index contributed by atoms with van der Waals surface area (Å²) in [6.45, 7) is -0.0223. The molecule has 0 aliphatic heterocycles. The first-order chi connectivity index (χ1) is 10.1. The molecule has 2 rings (SSSR count). The smallest absolute Gasteiger partial charge is 0.239 e. The molecule has 0 bridgehead atoms. The number of carbonyl (C=O) groups excluding carboxylic acids is 1. The van der Waals surface area contributed by atoms with Crippen molar-refractivity contribution in [3.05, 3.63) is 28.2 Å². The maximum atomic E-state index is 13.5. The van der Waals surface area contributed by atoms with E-state index in [1.807, 2.05) is 0 Å². The second-order valence-electron chi connectivity index (χ2n) is 5.36. The van der Waals surface area contributed by atoms with Gasteiger partial charge in [-0.3, -0.25) is 4.79 Å². The van der Waals surface area contributed by atoms with Gasteiger partial charge in [-0.15, -0.1) is 0 Å². The maximum absolute atomic E-state index is 13.5. The molecular weight excluding hydrogens is 342 g/mol. The van der Waals surface area contributed by atoms with Gasteiger partial charge in [0.1, 0.15) is 11.6 Å². The number of hydrogen-bond donors (Lipinski definition) is 2. The summed E-state index contributed by atoms with van der Waals surface area (Å²) in [5.74, 6) is -1.54. The Bertz CT molecular complexity index is 503. The van der Waals surface area contributed by atoms with Gasteiger partial charge in [-0.1, -0.05) is 25.7 Å². The highest BCUT2D eigenvalue weighted by atomic mass is 79.9. The Kier molecular flexibility index (Phi) is 5.96. The lowest BCUT2D eigenvalue weighted by molar-refractivity contribution is -0.120. The van der Waals surface area contributed by atoms with Crippen LogP contribution < -0.4 is 10.6 Å². The molecule has 0 heterocycles. The SMILES string of the molecule is O=C(CNc1cc(Br)c(F)cc1F)NC1CCCCCC1. The molecule has 0 spiro atoms. The Morgan fingerprint density at radius 2 is 1.81 bits per heavy atom. The molecule has 116 valence electrons. The Morgan fingerprint density at radius 3 is 2.48 bits per heavy atom. The van der Waals surface area contributed by atoms with Gasteiger partial charge in [-0.05, 0) is 34.8 Å². The van der Waals surface area contributed by atoms with E-state index in [-0.39, 0.29) is 28.7 Å². The minimum absolute atomic E-state index is 0.0223. The van der Waals surface area contributed by atoms with Gasteiger partial charge < -0.3 is 10.6 Å². The van der Waals surface area contributed by atoms with Crippen LogP contribution >= 0.6 is 15.9 Å². The average Bonchev–Trinajstić information content (AvgIpc) is 2.70. The van der Waals surface area contributed by atoms with Gasteiger partial charge >= 0.3 is 0 Å². The molecule has 2 N–H and O–H groups in total. The van der Waals surface area contributed by atoms with E-state index in [1.165, 1.54) is 18.9 Å². The van der Waals surface area contributed by atoms with Crippen LogP contribution in [0.25, 0.3) is 0 Å². The molecule has 1 aromatic rings. The van der Waals surface area contributed by atoms with E-state index in [0.717, 1.165) is 31.7 Å². The Morgan fingerprint density at radius 1 is 1.14 bits per heavy atom. The molecule has 3 nitrogen and oxygen atoms in total. The number of nitrogens with one attached hydrogen (secondary N) is 2. The fourth-order valence-corrected chi connectivity index (χ4v) is 2.88. The van der Waals surface area contributed by atoms with Crippen molar-refractivity contribution in [2.45, 2.75) is 44.6 Å². The van der Waals surface area contributed by atoms with Crippen molar-refractivity contribution in [1.29, 1.82) is 0 Å². The number of anilines is 1. The van der Waals surface area contributed by atoms with E-state index >= 15 is 0 Å². The Balaban J connectivity index is 1.84. The molecule has 0 unspecified atom stereocenters. The molecule has 21 heavy (non-hydrogen) atoms. The van der Waals surface area contributed by atoms with E-state index in [0.29, 0.717) is 0 Å². The number of halogens is 3. The first kappa shape index (κ1) is 16.2. The first-order valence-corrected chi connectivity index (χ1v) is 8.03. The van der Waals surface area contributed by atoms with Crippen molar-refractivity contribution in [3.8, 4) is 0 Å². The third-order valence-electron chi connectivity index (χ3n) is 3.67. The summed E-state index contributed by atoms with van der Waals surface area (Å²) in [7, 11) is 0. The zero-order chi connectivity index (χ0) is 15.2. The summed E-state index contributed by atoms with van der Waals surface area (Å²) in [4.78, 5) is 11.9. The molecule has 1 fully saturated rings. The van der Waals surface area contributed by atoms with Gasteiger partial charge in [0, 0.05) is 12.1 Å². The third-order valence-corrected chi connectivity index (χ3v) is 4.28. The topological polar surface area (TPSA) is 41.1 Å². The van der Waals surface area contributed by atoms with E-state index < -0.39 is 11.6 Å². The molecule has 0 atom stereocenters. The van der Waals surface area contributed by atoms with Crippen LogP contribution in [0.3, 0.4) is 0 Å². The first-order valence-electron chi connectivity index (χ1n) is 7.24. The maximum Gasteiger partial charge on any atom is 0.239 e. The van der Waals surface area contributed by atoms with Crippen LogP contribution in [0.5, 0.6) is 0 Å². The van der Waals surface area contributed by atoms with Crippen LogP contribution in [0.4, 0.5) is 14.5 Å². The highest BCUT2D eigenvalue weighted by Crippen LogP contribution is 2.23. The number of hydrogen-bond acceptors (Lipinski definition) is 2. The van der Waals surface area contributed by atoms with Gasteiger partial charge in [-0.2, -0.15) is 0 Å². The standard InChI is InChI=1S/C15H19BrF2N2O/c16-11-7-14(13(18)8-12(11)17)19-9-15(21)20-10-5-3-1-2-4-6-10/h7-8,10,19H,1-6,9H2,(H,20,21). The lowest BCUT2D eigenvalue weighted by Gasteiger charge is -2.17. The number of benzene rings is 1. The van der Waals surface area contributed by atoms with Crippen LogP contribution in [0, 0.1) is 11.6 Å². The highest BCUT2D eigenvalue weighted by Gasteiger charge is 2.15. The van der Waals surface area contributed by atoms with E-state index in [2.05, 4.69) is 26.6 Å². The summed E-state index contributed by atoms with van der Waals surface area (Å²) in [6.07, 6.45) is 6.72. The van der Waals surface area contributed by atoms with Gasteiger partial charge in [0.05, 0.1) is 16.7 Å². The molecule has 1 aliphatic carbocycles. The largest absolute Gasteiger partial charge is 0.374 e. The molecule has 1 aromatic carbocycles. The minimum atomic E-state index is -0.710. The van der Waals surface area contributed by atoms with Crippen molar-refractivity contribution in [1.82, 2.24) is 5.32 Å². The molecule has 0 aromatic heterocycles. The van der Waals surface area contributed by atoms with Crippen LogP contribution in [0.2, 0.25) is 0 Å². The zero-order valence-corrected chi connectivity index (χ0v) is 13.3. The average molecular weight is 361 g/mol. The van der Waals surface area contributed by atoms with Crippen molar-refractivity contribution in [2.24, 2.45) is 0 Å². The molecule has 0 radical (unpaired) electrons. The van der Waals surface area contributed by atoms with Crippen molar-refractivity contribution < 1.29 is 13.6 Å². The van der Waals surface area contributed by atoms with Gasteiger partial charge in [0.25, 0.3) is 0 Å². The molecule has 1 amide bonds. The van der Waals surface area contributed by atoms with Gasteiger partial charge in [0.15, 0.2) is 0 Å². The number of carbonyl (C=O) groups is 1. The summed E-state index contributed by atoms with van der Waals surface area (Å²) < 4.78 is 26.8. The van der Waals surface area contributed by atoms with E-state index in [1.54, 1.807) is 0 Å². The summed E-state index contributed by atoms with van der Waals surface area (Å²) in [5, 5.41) is 5.67. The Hall–Kier alpha value is -1.17. The fourth-order valence-electron chi connectivity index (χ4n) is 2.54. The van der Waals surface area contributed by atoms with Crippen LogP contribution in [-0.2, 0) is 4.79 Å².